The number of rotatable bonds is 9. The van der Waals surface area contributed by atoms with Gasteiger partial charge >= 0.3 is 0 Å². The van der Waals surface area contributed by atoms with Gasteiger partial charge in [0.15, 0.2) is 4.90 Å². The topological polar surface area (TPSA) is 144 Å². The average Bonchev–Trinajstić information content (AvgIpc) is 2.49. The lowest BCUT2D eigenvalue weighted by atomic mass is 10.3. The number of carbonyl (C=O) groups is 1. The third-order valence-corrected chi connectivity index (χ3v) is 4.21. The second-order valence-corrected chi connectivity index (χ2v) is 6.10. The van der Waals surface area contributed by atoms with Crippen molar-refractivity contribution in [2.24, 2.45) is 5.73 Å². The number of carbonyl (C=O) groups excluding carboxylic acids is 1. The summed E-state index contributed by atoms with van der Waals surface area (Å²) in [5, 5.41) is 13.4. The smallest absolute Gasteiger partial charge is 0.289 e. The molecule has 1 aromatic carbocycles. The summed E-state index contributed by atoms with van der Waals surface area (Å²) < 4.78 is 26.3. The van der Waals surface area contributed by atoms with Gasteiger partial charge in [-0.2, -0.15) is 0 Å². The third-order valence-electron chi connectivity index (χ3n) is 2.70. The van der Waals surface area contributed by atoms with E-state index in [1.807, 2.05) is 0 Å². The summed E-state index contributed by atoms with van der Waals surface area (Å²) in [4.78, 5) is 21.0. The van der Waals surface area contributed by atoms with Crippen molar-refractivity contribution >= 4 is 21.6 Å². The molecule has 0 heterocycles. The summed E-state index contributed by atoms with van der Waals surface area (Å²) in [7, 11) is -4.01. The van der Waals surface area contributed by atoms with E-state index in [4.69, 9.17) is 5.73 Å². The molecule has 122 valence electrons. The van der Waals surface area contributed by atoms with Gasteiger partial charge < -0.3 is 11.1 Å². The summed E-state index contributed by atoms with van der Waals surface area (Å²) in [6.45, 7) is 0.420. The number of nitro groups is 1. The van der Waals surface area contributed by atoms with Crippen LogP contribution in [0.15, 0.2) is 29.2 Å². The molecule has 0 saturated heterocycles. The summed E-state index contributed by atoms with van der Waals surface area (Å²) >= 11 is 0. The number of hydrogen-bond acceptors (Lipinski definition) is 6. The minimum atomic E-state index is -4.01. The molecule has 0 aliphatic heterocycles. The van der Waals surface area contributed by atoms with Crippen LogP contribution in [-0.2, 0) is 14.8 Å². The third kappa shape index (κ3) is 5.39. The van der Waals surface area contributed by atoms with Gasteiger partial charge in [0.25, 0.3) is 5.69 Å². The van der Waals surface area contributed by atoms with E-state index in [-0.39, 0.29) is 25.4 Å². The molecular weight excluding hydrogens is 312 g/mol. The van der Waals surface area contributed by atoms with E-state index < -0.39 is 25.5 Å². The molecule has 0 radical (unpaired) electrons. The SMILES string of the molecule is NCCCC(=O)NCCNS(=O)(=O)c1ccccc1[N+](=O)[O-]. The lowest BCUT2D eigenvalue weighted by Gasteiger charge is -2.08. The van der Waals surface area contributed by atoms with Gasteiger partial charge in [-0.3, -0.25) is 14.9 Å². The van der Waals surface area contributed by atoms with E-state index in [1.54, 1.807) is 0 Å². The minimum Gasteiger partial charge on any atom is -0.355 e. The number of hydrogen-bond donors (Lipinski definition) is 3. The zero-order valence-electron chi connectivity index (χ0n) is 11.8. The van der Waals surface area contributed by atoms with E-state index in [2.05, 4.69) is 10.0 Å². The minimum absolute atomic E-state index is 0.0667. The highest BCUT2D eigenvalue weighted by Crippen LogP contribution is 2.22. The number of para-hydroxylation sites is 1. The van der Waals surface area contributed by atoms with Gasteiger partial charge in [-0.05, 0) is 19.0 Å². The van der Waals surface area contributed by atoms with Crippen molar-refractivity contribution in [3.05, 3.63) is 34.4 Å². The van der Waals surface area contributed by atoms with Crippen LogP contribution in [0.5, 0.6) is 0 Å². The number of nitrogens with zero attached hydrogens (tertiary/aromatic N) is 1. The Morgan fingerprint density at radius 1 is 1.27 bits per heavy atom. The lowest BCUT2D eigenvalue weighted by Crippen LogP contribution is -2.35. The fourth-order valence-corrected chi connectivity index (χ4v) is 2.85. The van der Waals surface area contributed by atoms with Crippen molar-refractivity contribution in [1.82, 2.24) is 10.0 Å². The van der Waals surface area contributed by atoms with Crippen LogP contribution < -0.4 is 15.8 Å². The van der Waals surface area contributed by atoms with Crippen molar-refractivity contribution in [2.45, 2.75) is 17.7 Å². The average molecular weight is 330 g/mol. The zero-order valence-corrected chi connectivity index (χ0v) is 12.6. The molecule has 0 unspecified atom stereocenters. The molecule has 0 aliphatic carbocycles. The molecule has 0 aliphatic rings. The summed E-state index contributed by atoms with van der Waals surface area (Å²) in [5.74, 6) is -0.227. The standard InChI is InChI=1S/C12H18N4O5S/c13-7-3-6-12(17)14-8-9-15-22(20,21)11-5-2-1-4-10(11)16(18)19/h1-2,4-5,15H,3,6-9,13H2,(H,14,17). The highest BCUT2D eigenvalue weighted by Gasteiger charge is 2.24. The summed E-state index contributed by atoms with van der Waals surface area (Å²) in [5.41, 5.74) is 4.77. The van der Waals surface area contributed by atoms with E-state index in [1.165, 1.54) is 12.1 Å². The highest BCUT2D eigenvalue weighted by atomic mass is 32.2. The quantitative estimate of drug-likeness (QED) is 0.323. The maximum atomic E-state index is 12.0. The first-order valence-corrected chi connectivity index (χ1v) is 8.06. The van der Waals surface area contributed by atoms with E-state index in [0.717, 1.165) is 12.1 Å². The predicted molar refractivity (Wildman–Crippen MR) is 79.6 cm³/mol. The molecule has 0 fully saturated rings. The molecule has 0 spiro atoms. The van der Waals surface area contributed by atoms with Crippen LogP contribution in [0.1, 0.15) is 12.8 Å². The molecule has 22 heavy (non-hydrogen) atoms. The number of nitrogens with two attached hydrogens (primary N) is 1. The van der Waals surface area contributed by atoms with Gasteiger partial charge in [-0.15, -0.1) is 0 Å². The number of benzene rings is 1. The highest BCUT2D eigenvalue weighted by molar-refractivity contribution is 7.89. The fraction of sp³-hybridized carbons (Fsp3) is 0.417. The van der Waals surface area contributed by atoms with Crippen LogP contribution in [0.4, 0.5) is 5.69 Å². The summed E-state index contributed by atoms with van der Waals surface area (Å²) in [6.07, 6.45) is 0.821. The van der Waals surface area contributed by atoms with E-state index >= 15 is 0 Å². The molecule has 10 heteroatoms. The summed E-state index contributed by atoms with van der Waals surface area (Å²) in [6, 6.07) is 5.05. The Morgan fingerprint density at radius 3 is 2.59 bits per heavy atom. The zero-order chi connectivity index (χ0) is 16.6. The molecule has 0 bridgehead atoms. The Kier molecular flexibility index (Phi) is 6.89. The molecule has 0 saturated carbocycles. The van der Waals surface area contributed by atoms with Crippen LogP contribution >= 0.6 is 0 Å². The largest absolute Gasteiger partial charge is 0.355 e. The molecule has 0 aromatic heterocycles. The Labute approximate surface area is 128 Å². The normalized spacial score (nSPS) is 11.1. The number of sulfonamides is 1. The first-order valence-electron chi connectivity index (χ1n) is 6.58. The second kappa shape index (κ2) is 8.41. The van der Waals surface area contributed by atoms with Crippen molar-refractivity contribution in [3.63, 3.8) is 0 Å². The van der Waals surface area contributed by atoms with Gasteiger partial charge in [0.05, 0.1) is 4.92 Å². The van der Waals surface area contributed by atoms with Gasteiger partial charge in [0.1, 0.15) is 0 Å². The first-order chi connectivity index (χ1) is 10.4. The van der Waals surface area contributed by atoms with Crippen LogP contribution in [0.2, 0.25) is 0 Å². The molecule has 9 nitrogen and oxygen atoms in total. The Bertz CT molecular complexity index is 632. The molecule has 1 aromatic rings. The van der Waals surface area contributed by atoms with Gasteiger partial charge in [0, 0.05) is 25.6 Å². The van der Waals surface area contributed by atoms with Crippen molar-refractivity contribution in [1.29, 1.82) is 0 Å². The second-order valence-electron chi connectivity index (χ2n) is 4.36. The van der Waals surface area contributed by atoms with Crippen LogP contribution in [-0.4, -0.2) is 38.9 Å². The number of nitro benzene ring substituents is 1. The Balaban J connectivity index is 2.59. The molecular formula is C12H18N4O5S. The predicted octanol–water partition coefficient (Wildman–Crippen LogP) is -0.272. The van der Waals surface area contributed by atoms with Crippen LogP contribution in [0.25, 0.3) is 0 Å². The van der Waals surface area contributed by atoms with Crippen molar-refractivity contribution in [2.75, 3.05) is 19.6 Å². The van der Waals surface area contributed by atoms with Crippen LogP contribution in [0.3, 0.4) is 0 Å². The van der Waals surface area contributed by atoms with Crippen LogP contribution in [0, 0.1) is 10.1 Å². The molecule has 1 amide bonds. The molecule has 1 rings (SSSR count). The maximum Gasteiger partial charge on any atom is 0.289 e. The van der Waals surface area contributed by atoms with E-state index in [9.17, 15) is 23.3 Å². The van der Waals surface area contributed by atoms with Crippen molar-refractivity contribution < 1.29 is 18.1 Å². The van der Waals surface area contributed by atoms with Gasteiger partial charge in [0.2, 0.25) is 15.9 Å². The van der Waals surface area contributed by atoms with E-state index in [0.29, 0.717) is 13.0 Å². The monoisotopic (exact) mass is 330 g/mol. The fourth-order valence-electron chi connectivity index (χ4n) is 1.65. The number of amides is 1. The van der Waals surface area contributed by atoms with Gasteiger partial charge in [-0.25, -0.2) is 13.1 Å². The van der Waals surface area contributed by atoms with Gasteiger partial charge in [-0.1, -0.05) is 12.1 Å². The first kappa shape index (κ1) is 18.0. The molecule has 4 N–H and O–H groups in total. The van der Waals surface area contributed by atoms with Crippen molar-refractivity contribution in [3.8, 4) is 0 Å². The Hall–Kier alpha value is -2.04. The maximum absolute atomic E-state index is 12.0. The lowest BCUT2D eigenvalue weighted by molar-refractivity contribution is -0.387. The number of nitrogens with one attached hydrogen (secondary N) is 2. The molecule has 0 atom stereocenters. The Morgan fingerprint density at radius 2 is 1.95 bits per heavy atom.